The first-order chi connectivity index (χ1) is 12.7. The SMILES string of the molecule is Cc1nc(CN2CCN(c3ccc(-c4cccc(F)c4)nn3)CC2)co1. The van der Waals surface area contributed by atoms with Crippen molar-refractivity contribution in [1.29, 1.82) is 0 Å². The Bertz CT molecular complexity index is 872. The highest BCUT2D eigenvalue weighted by Crippen LogP contribution is 2.20. The highest BCUT2D eigenvalue weighted by Gasteiger charge is 2.19. The van der Waals surface area contributed by atoms with E-state index in [1.54, 1.807) is 12.3 Å². The van der Waals surface area contributed by atoms with Crippen LogP contribution in [0, 0.1) is 12.7 Å². The summed E-state index contributed by atoms with van der Waals surface area (Å²) in [6, 6.07) is 10.2. The van der Waals surface area contributed by atoms with Gasteiger partial charge in [-0.2, -0.15) is 0 Å². The number of halogens is 1. The maximum Gasteiger partial charge on any atom is 0.191 e. The predicted molar refractivity (Wildman–Crippen MR) is 96.2 cm³/mol. The minimum absolute atomic E-state index is 0.271. The van der Waals surface area contributed by atoms with E-state index in [-0.39, 0.29) is 5.82 Å². The van der Waals surface area contributed by atoms with Gasteiger partial charge in [0.05, 0.1) is 11.4 Å². The lowest BCUT2D eigenvalue weighted by atomic mass is 10.1. The van der Waals surface area contributed by atoms with Crippen molar-refractivity contribution < 1.29 is 8.81 Å². The predicted octanol–water partition coefficient (Wildman–Crippen LogP) is 2.90. The average molecular weight is 353 g/mol. The van der Waals surface area contributed by atoms with Crippen LogP contribution >= 0.6 is 0 Å². The van der Waals surface area contributed by atoms with E-state index in [1.807, 2.05) is 25.1 Å². The zero-order valence-electron chi connectivity index (χ0n) is 14.6. The van der Waals surface area contributed by atoms with E-state index in [1.165, 1.54) is 12.1 Å². The molecule has 7 heteroatoms. The number of aryl methyl sites for hydroxylation is 1. The summed E-state index contributed by atoms with van der Waals surface area (Å²) in [6.07, 6.45) is 1.72. The van der Waals surface area contributed by atoms with Gasteiger partial charge in [0.1, 0.15) is 12.1 Å². The Labute approximate surface area is 151 Å². The molecule has 3 aromatic rings. The quantitative estimate of drug-likeness (QED) is 0.719. The van der Waals surface area contributed by atoms with E-state index in [4.69, 9.17) is 4.42 Å². The van der Waals surface area contributed by atoms with Crippen LogP contribution in [0.3, 0.4) is 0 Å². The van der Waals surface area contributed by atoms with Crippen LogP contribution in [0.4, 0.5) is 10.2 Å². The lowest BCUT2D eigenvalue weighted by molar-refractivity contribution is 0.246. The first-order valence-electron chi connectivity index (χ1n) is 8.65. The Kier molecular flexibility index (Phi) is 4.62. The Morgan fingerprint density at radius 3 is 2.58 bits per heavy atom. The summed E-state index contributed by atoms with van der Waals surface area (Å²) in [5.41, 5.74) is 2.38. The minimum atomic E-state index is -0.271. The number of oxazole rings is 1. The van der Waals surface area contributed by atoms with Crippen molar-refractivity contribution in [3.63, 3.8) is 0 Å². The summed E-state index contributed by atoms with van der Waals surface area (Å²) in [7, 11) is 0. The van der Waals surface area contributed by atoms with Crippen LogP contribution in [0.25, 0.3) is 11.3 Å². The van der Waals surface area contributed by atoms with Gasteiger partial charge in [0.15, 0.2) is 11.7 Å². The lowest BCUT2D eigenvalue weighted by Crippen LogP contribution is -2.46. The van der Waals surface area contributed by atoms with E-state index in [0.717, 1.165) is 49.8 Å². The monoisotopic (exact) mass is 353 g/mol. The molecule has 6 nitrogen and oxygen atoms in total. The van der Waals surface area contributed by atoms with Crippen LogP contribution in [-0.2, 0) is 6.54 Å². The van der Waals surface area contributed by atoms with Gasteiger partial charge < -0.3 is 9.32 Å². The number of hydrogen-bond acceptors (Lipinski definition) is 6. The average Bonchev–Trinajstić information content (AvgIpc) is 3.07. The largest absolute Gasteiger partial charge is 0.449 e. The van der Waals surface area contributed by atoms with Crippen molar-refractivity contribution in [2.75, 3.05) is 31.1 Å². The van der Waals surface area contributed by atoms with E-state index >= 15 is 0 Å². The summed E-state index contributed by atoms with van der Waals surface area (Å²) < 4.78 is 18.6. The van der Waals surface area contributed by atoms with Gasteiger partial charge in [-0.25, -0.2) is 9.37 Å². The van der Waals surface area contributed by atoms with Gasteiger partial charge in [-0.1, -0.05) is 12.1 Å². The van der Waals surface area contributed by atoms with Crippen LogP contribution in [0.5, 0.6) is 0 Å². The zero-order chi connectivity index (χ0) is 17.9. The van der Waals surface area contributed by atoms with Crippen molar-refractivity contribution >= 4 is 5.82 Å². The third-order valence-corrected chi connectivity index (χ3v) is 4.52. The van der Waals surface area contributed by atoms with Crippen molar-refractivity contribution in [2.24, 2.45) is 0 Å². The third-order valence-electron chi connectivity index (χ3n) is 4.52. The molecule has 0 aliphatic carbocycles. The molecule has 0 saturated carbocycles. The second kappa shape index (κ2) is 7.21. The molecule has 3 heterocycles. The van der Waals surface area contributed by atoms with Gasteiger partial charge in [0, 0.05) is 45.2 Å². The molecule has 0 N–H and O–H groups in total. The van der Waals surface area contributed by atoms with Crippen molar-refractivity contribution in [1.82, 2.24) is 20.1 Å². The van der Waals surface area contributed by atoms with Crippen LogP contribution in [0.15, 0.2) is 47.1 Å². The Morgan fingerprint density at radius 2 is 1.92 bits per heavy atom. The molecule has 0 amide bonds. The fourth-order valence-corrected chi connectivity index (χ4v) is 3.14. The molecular weight excluding hydrogens is 333 g/mol. The van der Waals surface area contributed by atoms with E-state index in [0.29, 0.717) is 11.6 Å². The van der Waals surface area contributed by atoms with Crippen LogP contribution in [0.2, 0.25) is 0 Å². The highest BCUT2D eigenvalue weighted by atomic mass is 19.1. The van der Waals surface area contributed by atoms with Crippen molar-refractivity contribution in [3.05, 3.63) is 60.1 Å². The molecule has 1 aliphatic rings. The van der Waals surface area contributed by atoms with Gasteiger partial charge >= 0.3 is 0 Å². The third kappa shape index (κ3) is 3.72. The maximum atomic E-state index is 13.3. The van der Waals surface area contributed by atoms with Crippen molar-refractivity contribution in [3.8, 4) is 11.3 Å². The molecular formula is C19H20FN5O. The summed E-state index contributed by atoms with van der Waals surface area (Å²) in [6.45, 7) is 6.27. The zero-order valence-corrected chi connectivity index (χ0v) is 14.6. The first-order valence-corrected chi connectivity index (χ1v) is 8.65. The molecule has 1 aromatic carbocycles. The Balaban J connectivity index is 1.37. The number of piperazine rings is 1. The first kappa shape index (κ1) is 16.7. The summed E-state index contributed by atoms with van der Waals surface area (Å²) >= 11 is 0. The number of nitrogens with zero attached hydrogens (tertiary/aromatic N) is 5. The molecule has 134 valence electrons. The van der Waals surface area contributed by atoms with Crippen LogP contribution in [0.1, 0.15) is 11.6 Å². The fourth-order valence-electron chi connectivity index (χ4n) is 3.14. The molecule has 26 heavy (non-hydrogen) atoms. The summed E-state index contributed by atoms with van der Waals surface area (Å²) in [5, 5.41) is 8.59. The number of benzene rings is 1. The van der Waals surface area contributed by atoms with E-state index in [9.17, 15) is 4.39 Å². The second-order valence-corrected chi connectivity index (χ2v) is 6.41. The Hall–Kier alpha value is -2.80. The molecule has 0 spiro atoms. The lowest BCUT2D eigenvalue weighted by Gasteiger charge is -2.34. The summed E-state index contributed by atoms with van der Waals surface area (Å²) in [4.78, 5) is 8.92. The topological polar surface area (TPSA) is 58.3 Å². The molecule has 2 aromatic heterocycles. The number of rotatable bonds is 4. The van der Waals surface area contributed by atoms with Crippen molar-refractivity contribution in [2.45, 2.75) is 13.5 Å². The maximum absolute atomic E-state index is 13.3. The molecule has 0 radical (unpaired) electrons. The van der Waals surface area contributed by atoms with E-state index in [2.05, 4.69) is 25.0 Å². The standard InChI is InChI=1S/C19H20FN5O/c1-14-21-17(13-26-14)12-24-7-9-25(10-8-24)19-6-5-18(22-23-19)15-3-2-4-16(20)11-15/h2-6,11,13H,7-10,12H2,1H3. The molecule has 0 bridgehead atoms. The number of hydrogen-bond donors (Lipinski definition) is 0. The molecule has 0 unspecified atom stereocenters. The molecule has 0 atom stereocenters. The summed E-state index contributed by atoms with van der Waals surface area (Å²) in [5.74, 6) is 1.28. The number of aromatic nitrogens is 3. The highest BCUT2D eigenvalue weighted by molar-refractivity contribution is 5.59. The van der Waals surface area contributed by atoms with Gasteiger partial charge in [-0.05, 0) is 24.3 Å². The van der Waals surface area contributed by atoms with Gasteiger partial charge in [-0.15, -0.1) is 10.2 Å². The van der Waals surface area contributed by atoms with Gasteiger partial charge in [0.2, 0.25) is 0 Å². The molecule has 1 fully saturated rings. The van der Waals surface area contributed by atoms with Crippen LogP contribution < -0.4 is 4.90 Å². The molecule has 1 saturated heterocycles. The molecule has 1 aliphatic heterocycles. The van der Waals surface area contributed by atoms with Gasteiger partial charge in [0.25, 0.3) is 0 Å². The number of anilines is 1. The van der Waals surface area contributed by atoms with Gasteiger partial charge in [-0.3, -0.25) is 4.90 Å². The molecule has 4 rings (SSSR count). The minimum Gasteiger partial charge on any atom is -0.449 e. The van der Waals surface area contributed by atoms with Crippen LogP contribution in [-0.4, -0.2) is 46.3 Å². The smallest absolute Gasteiger partial charge is 0.191 e. The fraction of sp³-hybridized carbons (Fsp3) is 0.316. The normalized spacial score (nSPS) is 15.4. The Morgan fingerprint density at radius 1 is 1.08 bits per heavy atom. The van der Waals surface area contributed by atoms with E-state index < -0.39 is 0 Å². The second-order valence-electron chi connectivity index (χ2n) is 6.41.